The predicted octanol–water partition coefficient (Wildman–Crippen LogP) is 4.02. The number of aryl methyl sites for hydroxylation is 1. The molecule has 140 valence electrons. The van der Waals surface area contributed by atoms with Gasteiger partial charge in [0.25, 0.3) is 5.56 Å². The van der Waals surface area contributed by atoms with Gasteiger partial charge in [0, 0.05) is 11.0 Å². The lowest BCUT2D eigenvalue weighted by molar-refractivity contribution is -0.142. The highest BCUT2D eigenvalue weighted by atomic mass is 32.1. The number of furan rings is 1. The van der Waals surface area contributed by atoms with Crippen LogP contribution in [0.5, 0.6) is 0 Å². The second-order valence-electron chi connectivity index (χ2n) is 6.91. The van der Waals surface area contributed by atoms with E-state index in [4.69, 9.17) is 9.15 Å². The van der Waals surface area contributed by atoms with Crippen molar-refractivity contribution in [1.82, 2.24) is 9.97 Å². The number of rotatable bonds is 4. The summed E-state index contributed by atoms with van der Waals surface area (Å²) in [5.74, 6) is 1.02. The Morgan fingerprint density at radius 1 is 1.52 bits per heavy atom. The maximum absolute atomic E-state index is 12.6. The van der Waals surface area contributed by atoms with Gasteiger partial charge in [0.1, 0.15) is 10.6 Å². The molecular formula is C20H20N2O4S. The molecule has 7 heteroatoms. The standard InChI is InChI=1S/C20H20N2O4S/c1-11-5-7-14-15(10-11)27-20-17(14)19(24)21-18(22-20)12(2)26-16(23)8-6-13-4-3-9-25-13/h3-4,6,8-9,11-12H,5,7,10H2,1-2H3,(H,21,22,24)/b8-6+/t11-,12+/m1/s1. The molecule has 0 amide bonds. The monoisotopic (exact) mass is 384 g/mol. The Labute approximate surface area is 159 Å². The fraction of sp³-hybridized carbons (Fsp3) is 0.350. The molecule has 0 aromatic carbocycles. The summed E-state index contributed by atoms with van der Waals surface area (Å²) in [6.45, 7) is 3.92. The van der Waals surface area contributed by atoms with E-state index in [9.17, 15) is 9.59 Å². The van der Waals surface area contributed by atoms with Crippen LogP contribution in [0.4, 0.5) is 0 Å². The number of nitrogens with one attached hydrogen (secondary N) is 1. The van der Waals surface area contributed by atoms with Crippen molar-refractivity contribution in [2.75, 3.05) is 0 Å². The SMILES string of the molecule is C[C@@H]1CCc2c(sc3nc([C@H](C)OC(=O)/C=C/c4ccco4)[nH]c(=O)c23)C1. The van der Waals surface area contributed by atoms with Gasteiger partial charge < -0.3 is 14.1 Å². The number of aromatic amines is 1. The molecule has 0 fully saturated rings. The number of nitrogens with zero attached hydrogens (tertiary/aromatic N) is 1. The van der Waals surface area contributed by atoms with E-state index in [-0.39, 0.29) is 5.56 Å². The van der Waals surface area contributed by atoms with Crippen LogP contribution in [0.1, 0.15) is 48.4 Å². The number of carbonyl (C=O) groups is 1. The highest BCUT2D eigenvalue weighted by molar-refractivity contribution is 7.18. The molecule has 0 saturated heterocycles. The van der Waals surface area contributed by atoms with E-state index in [2.05, 4.69) is 16.9 Å². The molecule has 4 rings (SSSR count). The fourth-order valence-corrected chi connectivity index (χ4v) is 4.75. The molecule has 0 spiro atoms. The number of aromatic nitrogens is 2. The summed E-state index contributed by atoms with van der Waals surface area (Å²) in [6.07, 6.45) is 6.69. The molecule has 1 N–H and O–H groups in total. The fourth-order valence-electron chi connectivity index (χ4n) is 3.36. The first-order chi connectivity index (χ1) is 13.0. The Kier molecular flexibility index (Phi) is 4.70. The maximum atomic E-state index is 12.6. The van der Waals surface area contributed by atoms with Crippen molar-refractivity contribution < 1.29 is 13.9 Å². The molecule has 3 aromatic rings. The molecule has 0 unspecified atom stereocenters. The van der Waals surface area contributed by atoms with E-state index in [0.29, 0.717) is 22.9 Å². The molecule has 1 aliphatic rings. The lowest BCUT2D eigenvalue weighted by Gasteiger charge is -2.17. The molecule has 3 heterocycles. The van der Waals surface area contributed by atoms with Crippen molar-refractivity contribution in [2.24, 2.45) is 5.92 Å². The summed E-state index contributed by atoms with van der Waals surface area (Å²) >= 11 is 1.58. The van der Waals surface area contributed by atoms with Gasteiger partial charge in [0.15, 0.2) is 11.9 Å². The van der Waals surface area contributed by atoms with Gasteiger partial charge in [-0.3, -0.25) is 4.79 Å². The highest BCUT2D eigenvalue weighted by Gasteiger charge is 2.24. The first-order valence-corrected chi connectivity index (χ1v) is 9.79. The average molecular weight is 384 g/mol. The Bertz CT molecular complexity index is 1060. The third-order valence-corrected chi connectivity index (χ3v) is 5.94. The zero-order valence-corrected chi connectivity index (χ0v) is 16.0. The summed E-state index contributed by atoms with van der Waals surface area (Å²) in [5, 5.41) is 0.696. The third-order valence-electron chi connectivity index (χ3n) is 4.79. The lowest BCUT2D eigenvalue weighted by Crippen LogP contribution is -2.17. The number of H-pyrrole nitrogens is 1. The normalized spacial score (nSPS) is 17.9. The zero-order valence-electron chi connectivity index (χ0n) is 15.2. The minimum atomic E-state index is -0.658. The van der Waals surface area contributed by atoms with Crippen LogP contribution in [0.3, 0.4) is 0 Å². The van der Waals surface area contributed by atoms with E-state index >= 15 is 0 Å². The van der Waals surface area contributed by atoms with Gasteiger partial charge in [-0.2, -0.15) is 0 Å². The van der Waals surface area contributed by atoms with Gasteiger partial charge in [-0.05, 0) is 55.9 Å². The second kappa shape index (κ2) is 7.15. The van der Waals surface area contributed by atoms with Crippen molar-refractivity contribution in [2.45, 2.75) is 39.2 Å². The Morgan fingerprint density at radius 2 is 2.37 bits per heavy atom. The summed E-state index contributed by atoms with van der Waals surface area (Å²) in [4.78, 5) is 34.0. The Hall–Kier alpha value is -2.67. The highest BCUT2D eigenvalue weighted by Crippen LogP contribution is 2.35. The average Bonchev–Trinajstić information content (AvgIpc) is 3.26. The largest absolute Gasteiger partial charge is 0.465 e. The zero-order chi connectivity index (χ0) is 19.0. The van der Waals surface area contributed by atoms with Gasteiger partial charge in [-0.15, -0.1) is 11.3 Å². The molecule has 27 heavy (non-hydrogen) atoms. The number of thiophene rings is 1. The first-order valence-electron chi connectivity index (χ1n) is 8.98. The van der Waals surface area contributed by atoms with Crippen LogP contribution < -0.4 is 5.56 Å². The first kappa shape index (κ1) is 17.7. The van der Waals surface area contributed by atoms with Crippen molar-refractivity contribution in [3.8, 4) is 0 Å². The predicted molar refractivity (Wildman–Crippen MR) is 104 cm³/mol. The molecule has 3 aromatic heterocycles. The Balaban J connectivity index is 1.56. The quantitative estimate of drug-likeness (QED) is 0.542. The van der Waals surface area contributed by atoms with Crippen molar-refractivity contribution in [1.29, 1.82) is 0 Å². The van der Waals surface area contributed by atoms with Gasteiger partial charge in [0.2, 0.25) is 0 Å². The van der Waals surface area contributed by atoms with Crippen molar-refractivity contribution in [3.05, 3.63) is 56.9 Å². The van der Waals surface area contributed by atoms with Crippen molar-refractivity contribution in [3.63, 3.8) is 0 Å². The van der Waals surface area contributed by atoms with Crippen LogP contribution in [0.15, 0.2) is 33.7 Å². The summed E-state index contributed by atoms with van der Waals surface area (Å²) in [7, 11) is 0. The number of esters is 1. The summed E-state index contributed by atoms with van der Waals surface area (Å²) in [6, 6.07) is 3.47. The number of carbonyl (C=O) groups excluding carboxylic acids is 1. The van der Waals surface area contributed by atoms with Gasteiger partial charge in [0.05, 0.1) is 11.6 Å². The number of ether oxygens (including phenoxy) is 1. The van der Waals surface area contributed by atoms with Crippen LogP contribution in [0.25, 0.3) is 16.3 Å². The van der Waals surface area contributed by atoms with E-state index in [1.54, 1.807) is 30.4 Å². The van der Waals surface area contributed by atoms with Gasteiger partial charge >= 0.3 is 5.97 Å². The van der Waals surface area contributed by atoms with Crippen LogP contribution in [0, 0.1) is 5.92 Å². The van der Waals surface area contributed by atoms with E-state index in [1.165, 1.54) is 23.3 Å². The molecule has 6 nitrogen and oxygen atoms in total. The van der Waals surface area contributed by atoms with E-state index in [0.717, 1.165) is 29.7 Å². The number of hydrogen-bond donors (Lipinski definition) is 1. The van der Waals surface area contributed by atoms with E-state index in [1.807, 2.05) is 0 Å². The molecule has 2 atom stereocenters. The third kappa shape index (κ3) is 3.60. The number of hydrogen-bond acceptors (Lipinski definition) is 6. The van der Waals surface area contributed by atoms with Crippen LogP contribution >= 0.6 is 11.3 Å². The molecule has 0 radical (unpaired) electrons. The van der Waals surface area contributed by atoms with Crippen LogP contribution in [-0.2, 0) is 22.4 Å². The van der Waals surface area contributed by atoms with Gasteiger partial charge in [-0.1, -0.05) is 6.92 Å². The smallest absolute Gasteiger partial charge is 0.331 e. The van der Waals surface area contributed by atoms with E-state index < -0.39 is 12.1 Å². The summed E-state index contributed by atoms with van der Waals surface area (Å²) in [5.41, 5.74) is 0.982. The van der Waals surface area contributed by atoms with Crippen LogP contribution in [0.2, 0.25) is 0 Å². The molecule has 1 aliphatic carbocycles. The lowest BCUT2D eigenvalue weighted by atomic mass is 9.89. The molecule has 0 saturated carbocycles. The minimum Gasteiger partial charge on any atom is -0.465 e. The van der Waals surface area contributed by atoms with Crippen LogP contribution in [-0.4, -0.2) is 15.9 Å². The maximum Gasteiger partial charge on any atom is 0.331 e. The summed E-state index contributed by atoms with van der Waals surface area (Å²) < 4.78 is 10.5. The minimum absolute atomic E-state index is 0.156. The molecular weight excluding hydrogens is 364 g/mol. The molecule has 0 bridgehead atoms. The number of fused-ring (bicyclic) bond motifs is 3. The topological polar surface area (TPSA) is 85.2 Å². The second-order valence-corrected chi connectivity index (χ2v) is 7.99. The van der Waals surface area contributed by atoms with Crippen molar-refractivity contribution >= 4 is 33.6 Å². The Morgan fingerprint density at radius 3 is 3.15 bits per heavy atom. The molecule has 0 aliphatic heterocycles. The van der Waals surface area contributed by atoms with Gasteiger partial charge in [-0.25, -0.2) is 9.78 Å².